The van der Waals surface area contributed by atoms with Crippen LogP contribution in [0.25, 0.3) is 0 Å². The summed E-state index contributed by atoms with van der Waals surface area (Å²) in [6.45, 7) is 18.1. The summed E-state index contributed by atoms with van der Waals surface area (Å²) in [7, 11) is 0. The maximum absolute atomic E-state index is 12.2. The zero-order valence-corrected chi connectivity index (χ0v) is 54.1. The number of rotatable bonds is 33. The number of aliphatic hydroxyl groups excluding tert-OH is 3. The summed E-state index contributed by atoms with van der Waals surface area (Å²) in [5, 5.41) is 37.1. The Morgan fingerprint density at radius 3 is 0.578 bits per heavy atom. The van der Waals surface area contributed by atoms with Gasteiger partial charge in [0.25, 0.3) is 0 Å². The van der Waals surface area contributed by atoms with E-state index in [4.69, 9.17) is 56.8 Å². The first-order valence-electron chi connectivity index (χ1n) is 31.2. The predicted molar refractivity (Wildman–Crippen MR) is 312 cm³/mol. The number of aliphatic hydroxyl groups is 3. The monoisotopic (exact) mass is 1290 g/mol. The summed E-state index contributed by atoms with van der Waals surface area (Å²) < 4.78 is 65.9. The van der Waals surface area contributed by atoms with Crippen molar-refractivity contribution in [1.29, 1.82) is 0 Å². The first-order valence-corrected chi connectivity index (χ1v) is 31.2. The number of hydrogen-bond donors (Lipinski definition) is 6. The average Bonchev–Trinajstić information content (AvgIpc) is 0.876. The third kappa shape index (κ3) is 29.1. The van der Waals surface area contributed by atoms with Crippen LogP contribution in [0.2, 0.25) is 0 Å². The van der Waals surface area contributed by atoms with Crippen molar-refractivity contribution in [3.8, 4) is 0 Å². The second kappa shape index (κ2) is 44.8. The zero-order chi connectivity index (χ0) is 68.0. The maximum atomic E-state index is 12.2. The fraction of sp³-hybridized carbons (Fsp3) is 0.800. The van der Waals surface area contributed by atoms with Crippen LogP contribution in [0, 0.1) is 0 Å². The van der Waals surface area contributed by atoms with Gasteiger partial charge in [-0.15, -0.1) is 0 Å². The molecule has 0 aromatic rings. The Balaban J connectivity index is 0.000000675. The van der Waals surface area contributed by atoms with E-state index in [1.54, 1.807) is 62.3 Å². The summed E-state index contributed by atoms with van der Waals surface area (Å²) in [5.41, 5.74) is 0. The van der Waals surface area contributed by atoms with Crippen LogP contribution in [0.1, 0.15) is 199 Å². The van der Waals surface area contributed by atoms with Crippen molar-refractivity contribution in [3.05, 3.63) is 0 Å². The molecule has 0 spiro atoms. The Morgan fingerprint density at radius 1 is 0.278 bits per heavy atom. The number of esters is 9. The number of hydrogen-bond acceptors (Lipinski definition) is 27. The molecule has 9 unspecified atom stereocenters. The third-order valence-electron chi connectivity index (χ3n) is 13.0. The highest BCUT2D eigenvalue weighted by atomic mass is 16.7. The van der Waals surface area contributed by atoms with Crippen LogP contribution < -0.4 is 16.0 Å². The van der Waals surface area contributed by atoms with Gasteiger partial charge in [0.2, 0.25) is 36.6 Å². The molecule has 3 heterocycles. The van der Waals surface area contributed by atoms with Gasteiger partial charge in [-0.3, -0.25) is 57.5 Å². The second-order valence-electron chi connectivity index (χ2n) is 21.3. The number of nitrogens with one attached hydrogen (secondary N) is 3. The molecule has 3 aliphatic heterocycles. The van der Waals surface area contributed by atoms with E-state index >= 15 is 0 Å². The lowest BCUT2D eigenvalue weighted by molar-refractivity contribution is -0.271. The minimum Gasteiger partial charge on any atom is -0.456 e. The molecule has 90 heavy (non-hydrogen) atoms. The van der Waals surface area contributed by atoms with Crippen LogP contribution in [0.4, 0.5) is 0 Å². The molecule has 0 aromatic carbocycles. The van der Waals surface area contributed by atoms with Gasteiger partial charge in [-0.05, 0) is 57.8 Å². The molecular weight excluding hydrogens is 1190 g/mol. The van der Waals surface area contributed by atoms with E-state index in [1.165, 1.54) is 20.8 Å². The van der Waals surface area contributed by atoms with E-state index in [1.807, 2.05) is 0 Å². The van der Waals surface area contributed by atoms with Crippen molar-refractivity contribution < 1.29 is 130 Å². The van der Waals surface area contributed by atoms with Gasteiger partial charge >= 0.3 is 53.7 Å². The van der Waals surface area contributed by atoms with Crippen LogP contribution in [-0.4, -0.2) is 199 Å². The number of amides is 3. The molecule has 30 heteroatoms. The SMILES string of the molecule is CCCC(=O)OC1OC(CO)[C@@H](OC(=O)CCC)[C@H](OC(=O)CCC)C1NC(C)=O.CCCC(=O)OC1OC(CO)[C@@H](OC(=O)CCC)[C@H](OC(=O)CCC)C1NC(C)=O.CCCC(=O)OC1OC(CO)[C@H](OC(=O)CCC)[C@H](OC(=O)CCC)C1NC(C)=O. The van der Waals surface area contributed by atoms with Gasteiger partial charge in [0, 0.05) is 78.6 Å². The molecule has 30 nitrogen and oxygen atoms in total. The van der Waals surface area contributed by atoms with Crippen LogP contribution in [-0.2, 0) is 114 Å². The van der Waals surface area contributed by atoms with E-state index in [9.17, 15) is 72.9 Å². The lowest BCUT2D eigenvalue weighted by Gasteiger charge is -2.44. The van der Waals surface area contributed by atoms with E-state index in [2.05, 4.69) is 16.0 Å². The van der Waals surface area contributed by atoms with Crippen LogP contribution in [0.3, 0.4) is 0 Å². The Hall–Kier alpha value is -6.60. The third-order valence-corrected chi connectivity index (χ3v) is 13.0. The zero-order valence-electron chi connectivity index (χ0n) is 54.1. The highest BCUT2D eigenvalue weighted by Gasteiger charge is 2.55. The summed E-state index contributed by atoms with van der Waals surface area (Å²) in [5.74, 6) is -6.62. The van der Waals surface area contributed by atoms with Gasteiger partial charge in [0.15, 0.2) is 36.6 Å². The summed E-state index contributed by atoms with van der Waals surface area (Å²) in [6, 6.07) is -3.36. The predicted octanol–water partition coefficient (Wildman–Crippen LogP) is 2.93. The van der Waals surface area contributed by atoms with Gasteiger partial charge in [0.05, 0.1) is 19.8 Å². The van der Waals surface area contributed by atoms with E-state index < -0.39 is 183 Å². The molecule has 3 saturated heterocycles. The molecular formula is C60H99N3O27. The highest BCUT2D eigenvalue weighted by Crippen LogP contribution is 2.32. The summed E-state index contributed by atoms with van der Waals surface area (Å²) in [4.78, 5) is 145. The smallest absolute Gasteiger partial charge is 0.308 e. The van der Waals surface area contributed by atoms with E-state index in [0.717, 1.165) is 0 Å². The minimum atomic E-state index is -1.33. The molecule has 0 bridgehead atoms. The fourth-order valence-electron chi connectivity index (χ4n) is 9.13. The second-order valence-corrected chi connectivity index (χ2v) is 21.3. The minimum absolute atomic E-state index is 0.101. The van der Waals surface area contributed by atoms with Gasteiger partial charge < -0.3 is 88.1 Å². The fourth-order valence-corrected chi connectivity index (χ4v) is 9.13. The Labute approximate surface area is 526 Å². The lowest BCUT2D eigenvalue weighted by Crippen LogP contribution is -2.66. The topological polar surface area (TPSA) is 412 Å². The van der Waals surface area contributed by atoms with Crippen molar-refractivity contribution >= 4 is 71.4 Å². The molecule has 3 aliphatic rings. The van der Waals surface area contributed by atoms with E-state index in [-0.39, 0.29) is 57.8 Å². The van der Waals surface area contributed by atoms with E-state index in [0.29, 0.717) is 57.8 Å². The highest BCUT2D eigenvalue weighted by molar-refractivity contribution is 5.77. The molecule has 0 aromatic heterocycles. The van der Waals surface area contributed by atoms with Crippen molar-refractivity contribution in [2.75, 3.05) is 19.8 Å². The maximum Gasteiger partial charge on any atom is 0.308 e. The molecule has 15 atom stereocenters. The Bertz CT molecular complexity index is 2030. The number of carbonyl (C=O) groups is 12. The normalized spacial score (nSPS) is 25.8. The molecule has 0 radical (unpaired) electrons. The molecule has 3 rings (SSSR count). The molecule has 0 saturated carbocycles. The Morgan fingerprint density at radius 2 is 0.433 bits per heavy atom. The Kier molecular flexibility index (Phi) is 40.5. The van der Waals surface area contributed by atoms with Crippen molar-refractivity contribution in [2.45, 2.75) is 291 Å². The molecule has 6 N–H and O–H groups in total. The van der Waals surface area contributed by atoms with Crippen LogP contribution in [0.15, 0.2) is 0 Å². The first kappa shape index (κ1) is 81.4. The van der Waals surface area contributed by atoms with Gasteiger partial charge in [-0.2, -0.15) is 0 Å². The summed E-state index contributed by atoms with van der Waals surface area (Å²) in [6.07, 6.45) is -8.77. The van der Waals surface area contributed by atoms with Crippen molar-refractivity contribution in [1.82, 2.24) is 16.0 Å². The van der Waals surface area contributed by atoms with Gasteiger partial charge in [-0.25, -0.2) is 0 Å². The average molecular weight is 1290 g/mol. The lowest BCUT2D eigenvalue weighted by atomic mass is 9.96. The molecule has 3 amide bonds. The van der Waals surface area contributed by atoms with Crippen molar-refractivity contribution in [3.63, 3.8) is 0 Å². The number of ether oxygens (including phenoxy) is 12. The number of carbonyl (C=O) groups excluding carboxylic acids is 12. The first-order chi connectivity index (χ1) is 42.8. The van der Waals surface area contributed by atoms with Gasteiger partial charge in [0.1, 0.15) is 36.4 Å². The summed E-state index contributed by atoms with van der Waals surface area (Å²) >= 11 is 0. The molecule has 3 fully saturated rings. The van der Waals surface area contributed by atoms with Gasteiger partial charge in [-0.1, -0.05) is 62.3 Å². The van der Waals surface area contributed by atoms with Crippen molar-refractivity contribution in [2.24, 2.45) is 0 Å². The molecule has 516 valence electrons. The largest absolute Gasteiger partial charge is 0.456 e. The van der Waals surface area contributed by atoms with Crippen LogP contribution in [0.5, 0.6) is 0 Å². The molecule has 0 aliphatic carbocycles. The van der Waals surface area contributed by atoms with Crippen LogP contribution >= 0.6 is 0 Å². The quantitative estimate of drug-likeness (QED) is 0.0406. The standard InChI is InChI=1S/3C20H33NO9/c3*1-5-8-14(24)28-18-13(11-22)27-20(30-16(26)10-7-3)17(21-12(4)23)19(18)29-15(25)9-6-2/h3*13,17-20,22H,5-11H2,1-4H3,(H,21,23)/t13?,17?,18-,19+,20?;2*13?,17?,18-,19-,20?/m011/s1.